The van der Waals surface area contributed by atoms with Crippen LogP contribution in [0.5, 0.6) is 0 Å². The number of nitrogens with zero attached hydrogens (tertiary/aromatic N) is 3. The number of aliphatic hydroxyl groups excluding tert-OH is 1. The molecule has 2 N–H and O–H groups in total. The van der Waals surface area contributed by atoms with Gasteiger partial charge in [0, 0.05) is 54.7 Å². The molecule has 0 radical (unpaired) electrons. The number of fused-ring (bicyclic) bond motifs is 1. The molecule has 2 saturated heterocycles. The van der Waals surface area contributed by atoms with E-state index in [4.69, 9.17) is 23.7 Å². The van der Waals surface area contributed by atoms with Crippen LogP contribution >= 0.6 is 0 Å². The summed E-state index contributed by atoms with van der Waals surface area (Å²) in [7, 11) is 5.33. The molecule has 15 heteroatoms. The molecular weight excluding hydrogens is 712 g/mol. The van der Waals surface area contributed by atoms with E-state index >= 15 is 0 Å². The highest BCUT2D eigenvalue weighted by Gasteiger charge is 2.60. The van der Waals surface area contributed by atoms with Crippen LogP contribution in [0, 0.1) is 27.9 Å². The van der Waals surface area contributed by atoms with E-state index in [9.17, 15) is 29.6 Å². The minimum absolute atomic E-state index is 0.0201. The summed E-state index contributed by atoms with van der Waals surface area (Å²) in [5.41, 5.74) is 1.48. The molecule has 3 aliphatic heterocycles. The quantitative estimate of drug-likeness (QED) is 0.133. The molecule has 0 saturated carbocycles. The van der Waals surface area contributed by atoms with Gasteiger partial charge in [0.2, 0.25) is 0 Å². The lowest BCUT2D eigenvalue weighted by Gasteiger charge is -2.46. The maximum absolute atomic E-state index is 14.6. The summed E-state index contributed by atoms with van der Waals surface area (Å²) in [6.45, 7) is 14.6. The van der Waals surface area contributed by atoms with Gasteiger partial charge in [-0.2, -0.15) is 0 Å². The van der Waals surface area contributed by atoms with Gasteiger partial charge >= 0.3 is 12.1 Å². The van der Waals surface area contributed by atoms with Crippen molar-refractivity contribution in [1.29, 1.82) is 0 Å². The Hall–Kier alpha value is -3.47. The van der Waals surface area contributed by atoms with Crippen LogP contribution in [-0.4, -0.2) is 120 Å². The van der Waals surface area contributed by atoms with Crippen LogP contribution in [0.3, 0.4) is 0 Å². The van der Waals surface area contributed by atoms with Gasteiger partial charge in [-0.3, -0.25) is 14.9 Å². The summed E-state index contributed by atoms with van der Waals surface area (Å²) < 4.78 is 31.2. The predicted molar refractivity (Wildman–Crippen MR) is 204 cm³/mol. The van der Waals surface area contributed by atoms with Crippen molar-refractivity contribution in [3.63, 3.8) is 0 Å². The number of para-hydroxylation sites is 1. The first-order valence-corrected chi connectivity index (χ1v) is 19.4. The Morgan fingerprint density at radius 3 is 2.42 bits per heavy atom. The van der Waals surface area contributed by atoms with Gasteiger partial charge in [-0.05, 0) is 73.9 Å². The molecule has 1 amide bonds. The highest BCUT2D eigenvalue weighted by atomic mass is 16.7. The number of ether oxygens (including phenoxy) is 5. The van der Waals surface area contributed by atoms with Crippen LogP contribution in [0.25, 0.3) is 0 Å². The number of amides is 1. The van der Waals surface area contributed by atoms with Crippen molar-refractivity contribution in [3.8, 4) is 0 Å². The van der Waals surface area contributed by atoms with Crippen molar-refractivity contribution in [1.82, 2.24) is 15.3 Å². The molecule has 308 valence electrons. The number of carbonyl (C=O) groups is 3. The lowest BCUT2D eigenvalue weighted by Crippen LogP contribution is -2.60. The third-order valence-electron chi connectivity index (χ3n) is 11.8. The monoisotopic (exact) mass is 774 g/mol. The molecule has 1 aromatic carbocycles. The number of carbonyl (C=O) groups excluding carboxylic acids is 3. The lowest BCUT2D eigenvalue weighted by atomic mass is 9.74. The number of likely N-dealkylation sites (N-methyl/N-ethyl adjacent to an activating group) is 1. The van der Waals surface area contributed by atoms with Crippen LogP contribution < -0.4 is 5.43 Å². The Kier molecular flexibility index (Phi) is 14.6. The van der Waals surface area contributed by atoms with Gasteiger partial charge in [-0.1, -0.05) is 52.0 Å². The zero-order valence-electron chi connectivity index (χ0n) is 34.3. The first kappa shape index (κ1) is 44.2. The fourth-order valence-corrected chi connectivity index (χ4v) is 8.81. The second-order valence-corrected chi connectivity index (χ2v) is 16.2. The number of Topliss-reactive ketones (excluding diaryl/α,β-unsaturated/α-hetero) is 1. The van der Waals surface area contributed by atoms with Crippen molar-refractivity contribution >= 4 is 23.5 Å². The lowest BCUT2D eigenvalue weighted by molar-refractivity contribution is -0.385. The Morgan fingerprint density at radius 2 is 1.80 bits per heavy atom. The number of aryl methyl sites for hydroxylation is 1. The van der Waals surface area contributed by atoms with Gasteiger partial charge in [0.05, 0.1) is 22.7 Å². The zero-order valence-corrected chi connectivity index (χ0v) is 34.3. The minimum atomic E-state index is -1.43. The van der Waals surface area contributed by atoms with E-state index in [1.165, 1.54) is 11.1 Å². The number of hydrogen-bond donors (Lipinski definition) is 2. The highest BCUT2D eigenvalue weighted by molar-refractivity contribution is 5.88. The fraction of sp³-hybridized carbons (Fsp3) is 0.725. The Bertz CT molecular complexity index is 1570. The van der Waals surface area contributed by atoms with E-state index in [0.717, 1.165) is 0 Å². The number of ketones is 1. The number of benzene rings is 1. The van der Waals surface area contributed by atoms with E-state index in [1.54, 1.807) is 52.2 Å². The molecule has 4 rings (SSSR count). The third-order valence-corrected chi connectivity index (χ3v) is 11.8. The Labute approximate surface area is 325 Å². The van der Waals surface area contributed by atoms with Crippen molar-refractivity contribution in [2.45, 2.75) is 141 Å². The van der Waals surface area contributed by atoms with Crippen LogP contribution in [0.4, 0.5) is 10.5 Å². The maximum Gasteiger partial charge on any atom is 0.425 e. The summed E-state index contributed by atoms with van der Waals surface area (Å²) in [6.07, 6.45) is -0.995. The summed E-state index contributed by atoms with van der Waals surface area (Å²) in [6, 6.07) is 5.38. The molecule has 3 aliphatic rings. The van der Waals surface area contributed by atoms with Gasteiger partial charge in [0.15, 0.2) is 11.9 Å². The second-order valence-electron chi connectivity index (χ2n) is 16.2. The molecule has 0 spiro atoms. The van der Waals surface area contributed by atoms with Crippen LogP contribution in [-0.2, 0) is 39.7 Å². The molecule has 3 heterocycles. The number of methoxy groups -OCH3 is 1. The first-order chi connectivity index (χ1) is 25.8. The van der Waals surface area contributed by atoms with E-state index in [-0.39, 0.29) is 43.0 Å². The maximum atomic E-state index is 14.6. The molecule has 55 heavy (non-hydrogen) atoms. The average molecular weight is 775 g/mol. The van der Waals surface area contributed by atoms with Gasteiger partial charge in [-0.15, -0.1) is 0 Å². The van der Waals surface area contributed by atoms with Gasteiger partial charge < -0.3 is 33.7 Å². The summed E-state index contributed by atoms with van der Waals surface area (Å²) in [4.78, 5) is 55.2. The minimum Gasteiger partial charge on any atom is -0.455 e. The Balaban J connectivity index is 1.69. The number of nitro groups is 1. The van der Waals surface area contributed by atoms with E-state index in [2.05, 4.69) is 5.43 Å². The summed E-state index contributed by atoms with van der Waals surface area (Å²) in [5, 5.41) is 24.3. The SMILES string of the molecule is CCC1OC(=O)/C(C)=C/[C@H](C)[C@@H](O[C@@H]2O[C@H](C)C[C@H](N(C)C)[C@H]2O)[C@](C)(OC)C[C@@H](C)C(=O)[C@H](C)[C@H]2N(NCCCc3ccccc3[N+](=O)[O-])C(=O)O[C@]12C. The van der Waals surface area contributed by atoms with E-state index < -0.39 is 76.6 Å². The van der Waals surface area contributed by atoms with Gasteiger partial charge in [0.25, 0.3) is 5.69 Å². The number of hydrazine groups is 1. The third kappa shape index (κ3) is 9.57. The summed E-state index contributed by atoms with van der Waals surface area (Å²) >= 11 is 0. The number of aliphatic hydroxyl groups is 1. The number of esters is 1. The fourth-order valence-electron chi connectivity index (χ4n) is 8.81. The van der Waals surface area contributed by atoms with Crippen molar-refractivity contribution in [3.05, 3.63) is 51.6 Å². The molecule has 12 atom stereocenters. The van der Waals surface area contributed by atoms with E-state index in [0.29, 0.717) is 30.4 Å². The predicted octanol–water partition coefficient (Wildman–Crippen LogP) is 4.98. The number of nitrogens with one attached hydrogen (secondary N) is 1. The number of rotatable bonds is 11. The zero-order chi connectivity index (χ0) is 41.0. The standard InChI is InChI=1S/C40H62N4O11/c1-12-31-40(8)34(43(38(48)55-40)41-19-15-17-28-16-13-14-18-29(28)44(49)50)27(6)32(45)25(4)22-39(7,51-11)35(23(2)20-24(3)36(47)53-31)54-37-33(46)30(42(9)10)21-26(5)52-37/h13-14,16,18,20,23,25-27,30-31,33-35,37,41,46H,12,15,17,19,21-22H2,1-11H3/b24-20+/t23-,25+,26+,27-,30-,31?,33+,34+,35+,37-,39+,40+/m0/s1. The number of cyclic esters (lactones) is 1. The molecule has 0 bridgehead atoms. The average Bonchev–Trinajstić information content (AvgIpc) is 3.39. The molecule has 0 aromatic heterocycles. The Morgan fingerprint density at radius 1 is 1.13 bits per heavy atom. The second kappa shape index (κ2) is 18.2. The largest absolute Gasteiger partial charge is 0.455 e. The molecule has 1 aromatic rings. The molecular formula is C40H62N4O11. The molecule has 15 nitrogen and oxygen atoms in total. The number of nitro benzene ring substituents is 1. The van der Waals surface area contributed by atoms with Crippen LogP contribution in [0.2, 0.25) is 0 Å². The van der Waals surface area contributed by atoms with Crippen molar-refractivity contribution < 1.29 is 48.1 Å². The number of hydrogen-bond acceptors (Lipinski definition) is 13. The van der Waals surface area contributed by atoms with E-state index in [1.807, 2.05) is 53.6 Å². The van der Waals surface area contributed by atoms with Crippen LogP contribution in [0.1, 0.15) is 86.6 Å². The highest BCUT2D eigenvalue weighted by Crippen LogP contribution is 2.42. The smallest absolute Gasteiger partial charge is 0.425 e. The first-order valence-electron chi connectivity index (χ1n) is 19.4. The molecule has 0 aliphatic carbocycles. The molecule has 2 fully saturated rings. The van der Waals surface area contributed by atoms with Crippen molar-refractivity contribution in [2.75, 3.05) is 27.7 Å². The van der Waals surface area contributed by atoms with Gasteiger partial charge in [0.1, 0.15) is 24.0 Å². The van der Waals surface area contributed by atoms with Crippen LogP contribution in [0.15, 0.2) is 35.9 Å². The summed E-state index contributed by atoms with van der Waals surface area (Å²) in [5.74, 6) is -2.69. The molecule has 1 unspecified atom stereocenters. The normalized spacial score (nSPS) is 37.4. The topological polar surface area (TPSA) is 179 Å². The van der Waals surface area contributed by atoms with Gasteiger partial charge in [-0.25, -0.2) is 20.0 Å². The van der Waals surface area contributed by atoms with Crippen molar-refractivity contribution in [2.24, 2.45) is 17.8 Å².